The molecule has 0 amide bonds. The lowest BCUT2D eigenvalue weighted by Gasteiger charge is -2.12. The van der Waals surface area contributed by atoms with E-state index < -0.39 is 0 Å². The fraction of sp³-hybridized carbons (Fsp3) is 0.500. The summed E-state index contributed by atoms with van der Waals surface area (Å²) in [6.45, 7) is 2.76. The Hall–Kier alpha value is -1.09. The first-order chi connectivity index (χ1) is 7.19. The number of halogens is 1. The van der Waals surface area contributed by atoms with Crippen molar-refractivity contribution in [2.24, 2.45) is 5.73 Å². The minimum absolute atomic E-state index is 0.296. The van der Waals surface area contributed by atoms with Gasteiger partial charge in [-0.2, -0.15) is 0 Å². The highest BCUT2D eigenvalue weighted by Gasteiger charge is 2.08. The van der Waals surface area contributed by atoms with E-state index in [4.69, 9.17) is 10.5 Å². The van der Waals surface area contributed by atoms with Crippen LogP contribution in [-0.4, -0.2) is 13.7 Å². The van der Waals surface area contributed by atoms with Gasteiger partial charge in [-0.1, -0.05) is 13.0 Å². The van der Waals surface area contributed by atoms with Crippen molar-refractivity contribution in [2.75, 3.05) is 13.7 Å². The second-order valence-corrected chi connectivity index (χ2v) is 3.73. The first kappa shape index (κ1) is 12.0. The Balaban J connectivity index is 2.73. The molecule has 0 aliphatic rings. The highest BCUT2D eigenvalue weighted by molar-refractivity contribution is 5.30. The molecule has 2 N–H and O–H groups in total. The van der Waals surface area contributed by atoms with Gasteiger partial charge in [-0.3, -0.25) is 0 Å². The number of rotatable bonds is 5. The van der Waals surface area contributed by atoms with Crippen LogP contribution in [0, 0.1) is 5.82 Å². The average molecular weight is 211 g/mol. The molecule has 1 aromatic carbocycles. The number of methoxy groups -OCH3 is 1. The maximum absolute atomic E-state index is 13.4. The third kappa shape index (κ3) is 3.20. The lowest BCUT2D eigenvalue weighted by molar-refractivity contribution is 0.386. The Kier molecular flexibility index (Phi) is 4.56. The molecule has 0 aliphatic carbocycles. The van der Waals surface area contributed by atoms with Crippen molar-refractivity contribution in [3.8, 4) is 5.75 Å². The van der Waals surface area contributed by atoms with Crippen LogP contribution in [0.25, 0.3) is 0 Å². The fourth-order valence-corrected chi connectivity index (χ4v) is 1.58. The molecule has 0 saturated carbocycles. The van der Waals surface area contributed by atoms with Crippen LogP contribution in [0.2, 0.25) is 0 Å². The standard InChI is InChI=1S/C12H18FNO/c1-9(4-3-7-14)10-5-6-12(15-2)11(13)8-10/h5-6,8-9H,3-4,7,14H2,1-2H3. The molecule has 3 heteroatoms. The lowest BCUT2D eigenvalue weighted by atomic mass is 9.96. The van der Waals surface area contributed by atoms with Gasteiger partial charge in [-0.25, -0.2) is 4.39 Å². The van der Waals surface area contributed by atoms with Crippen LogP contribution in [0.3, 0.4) is 0 Å². The molecule has 0 saturated heterocycles. The van der Waals surface area contributed by atoms with Crippen molar-refractivity contribution in [1.29, 1.82) is 0 Å². The van der Waals surface area contributed by atoms with Crippen LogP contribution in [-0.2, 0) is 0 Å². The number of benzene rings is 1. The van der Waals surface area contributed by atoms with Crippen molar-refractivity contribution in [2.45, 2.75) is 25.7 Å². The number of ether oxygens (including phenoxy) is 1. The van der Waals surface area contributed by atoms with Gasteiger partial charge >= 0.3 is 0 Å². The summed E-state index contributed by atoms with van der Waals surface area (Å²) in [6, 6.07) is 5.12. The molecule has 1 atom stereocenters. The Morgan fingerprint density at radius 1 is 1.47 bits per heavy atom. The van der Waals surface area contributed by atoms with Gasteiger partial charge in [0.05, 0.1) is 7.11 Å². The topological polar surface area (TPSA) is 35.2 Å². The molecule has 15 heavy (non-hydrogen) atoms. The first-order valence-electron chi connectivity index (χ1n) is 5.22. The van der Waals surface area contributed by atoms with Gasteiger partial charge in [-0.05, 0) is 43.0 Å². The highest BCUT2D eigenvalue weighted by Crippen LogP contribution is 2.25. The average Bonchev–Trinajstić information content (AvgIpc) is 2.25. The third-order valence-corrected chi connectivity index (χ3v) is 2.59. The normalized spacial score (nSPS) is 12.5. The van der Waals surface area contributed by atoms with Gasteiger partial charge in [0.25, 0.3) is 0 Å². The Morgan fingerprint density at radius 3 is 2.73 bits per heavy atom. The fourth-order valence-electron chi connectivity index (χ4n) is 1.58. The predicted octanol–water partition coefficient (Wildman–Crippen LogP) is 2.68. The third-order valence-electron chi connectivity index (χ3n) is 2.59. The lowest BCUT2D eigenvalue weighted by Crippen LogP contribution is -2.02. The van der Waals surface area contributed by atoms with Crippen LogP contribution in [0.15, 0.2) is 18.2 Å². The van der Waals surface area contributed by atoms with E-state index in [0.29, 0.717) is 18.2 Å². The summed E-state index contributed by atoms with van der Waals surface area (Å²) < 4.78 is 18.2. The zero-order valence-corrected chi connectivity index (χ0v) is 9.29. The quantitative estimate of drug-likeness (QED) is 0.812. The van der Waals surface area contributed by atoms with Crippen LogP contribution in [0.1, 0.15) is 31.2 Å². The van der Waals surface area contributed by atoms with E-state index in [2.05, 4.69) is 6.92 Å². The van der Waals surface area contributed by atoms with Gasteiger partial charge in [0.15, 0.2) is 11.6 Å². The Labute approximate surface area is 90.2 Å². The van der Waals surface area contributed by atoms with Crippen molar-refractivity contribution < 1.29 is 9.13 Å². The van der Waals surface area contributed by atoms with E-state index in [1.165, 1.54) is 7.11 Å². The summed E-state index contributed by atoms with van der Waals surface area (Å²) in [7, 11) is 1.47. The molecule has 1 unspecified atom stereocenters. The summed E-state index contributed by atoms with van der Waals surface area (Å²) in [6.07, 6.45) is 1.96. The van der Waals surface area contributed by atoms with Crippen molar-refractivity contribution in [3.63, 3.8) is 0 Å². The van der Waals surface area contributed by atoms with Gasteiger partial charge < -0.3 is 10.5 Å². The largest absolute Gasteiger partial charge is 0.494 e. The minimum Gasteiger partial charge on any atom is -0.494 e. The van der Waals surface area contributed by atoms with E-state index in [0.717, 1.165) is 18.4 Å². The molecule has 0 aliphatic heterocycles. The number of nitrogens with two attached hydrogens (primary N) is 1. The molecule has 0 fully saturated rings. The summed E-state index contributed by atoms with van der Waals surface area (Å²) in [5.41, 5.74) is 6.44. The molecular formula is C12H18FNO. The molecule has 0 heterocycles. The molecule has 0 radical (unpaired) electrons. The molecule has 1 rings (SSSR count). The smallest absolute Gasteiger partial charge is 0.165 e. The molecule has 84 valence electrons. The number of hydrogen-bond donors (Lipinski definition) is 1. The van der Waals surface area contributed by atoms with Crippen LogP contribution in [0.5, 0.6) is 5.75 Å². The van der Waals surface area contributed by atoms with E-state index >= 15 is 0 Å². The van der Waals surface area contributed by atoms with Crippen molar-refractivity contribution >= 4 is 0 Å². The SMILES string of the molecule is COc1ccc(C(C)CCCN)cc1F. The number of hydrogen-bond acceptors (Lipinski definition) is 2. The predicted molar refractivity (Wildman–Crippen MR) is 59.7 cm³/mol. The van der Waals surface area contributed by atoms with Gasteiger partial charge in [0.1, 0.15) is 0 Å². The van der Waals surface area contributed by atoms with E-state index in [1.807, 2.05) is 6.07 Å². The van der Waals surface area contributed by atoms with Crippen LogP contribution < -0.4 is 10.5 Å². The Morgan fingerprint density at radius 2 is 2.20 bits per heavy atom. The Bertz CT molecular complexity index is 314. The summed E-state index contributed by atoms with van der Waals surface area (Å²) in [4.78, 5) is 0. The van der Waals surface area contributed by atoms with Crippen molar-refractivity contribution in [1.82, 2.24) is 0 Å². The van der Waals surface area contributed by atoms with E-state index in [-0.39, 0.29) is 5.82 Å². The molecule has 0 bridgehead atoms. The molecule has 0 aromatic heterocycles. The zero-order chi connectivity index (χ0) is 11.3. The highest BCUT2D eigenvalue weighted by atomic mass is 19.1. The summed E-state index contributed by atoms with van der Waals surface area (Å²) in [5, 5.41) is 0. The van der Waals surface area contributed by atoms with Gasteiger partial charge in [0, 0.05) is 0 Å². The molecule has 2 nitrogen and oxygen atoms in total. The monoisotopic (exact) mass is 211 g/mol. The second kappa shape index (κ2) is 5.71. The molecular weight excluding hydrogens is 193 g/mol. The summed E-state index contributed by atoms with van der Waals surface area (Å²) >= 11 is 0. The zero-order valence-electron chi connectivity index (χ0n) is 9.29. The second-order valence-electron chi connectivity index (χ2n) is 3.73. The summed E-state index contributed by atoms with van der Waals surface area (Å²) in [5.74, 6) is 0.341. The minimum atomic E-state index is -0.297. The maximum Gasteiger partial charge on any atom is 0.165 e. The molecule has 1 aromatic rings. The van der Waals surface area contributed by atoms with Crippen LogP contribution in [0.4, 0.5) is 4.39 Å². The van der Waals surface area contributed by atoms with Crippen LogP contribution >= 0.6 is 0 Å². The van der Waals surface area contributed by atoms with Gasteiger partial charge in [0.2, 0.25) is 0 Å². The maximum atomic E-state index is 13.4. The first-order valence-corrected chi connectivity index (χ1v) is 5.22. The van der Waals surface area contributed by atoms with E-state index in [1.54, 1.807) is 12.1 Å². The van der Waals surface area contributed by atoms with Gasteiger partial charge in [-0.15, -0.1) is 0 Å². The van der Waals surface area contributed by atoms with E-state index in [9.17, 15) is 4.39 Å². The van der Waals surface area contributed by atoms with Crippen molar-refractivity contribution in [3.05, 3.63) is 29.6 Å². The molecule has 0 spiro atoms.